The van der Waals surface area contributed by atoms with Gasteiger partial charge >= 0.3 is 0 Å². The predicted molar refractivity (Wildman–Crippen MR) is 83.8 cm³/mol. The monoisotopic (exact) mass is 297 g/mol. The summed E-state index contributed by atoms with van der Waals surface area (Å²) < 4.78 is 14.0. The lowest BCUT2D eigenvalue weighted by Crippen LogP contribution is -2.39. The summed E-state index contributed by atoms with van der Waals surface area (Å²) in [6.45, 7) is 3.16. The molecule has 1 saturated carbocycles. The largest absolute Gasteiger partial charge is 0.313 e. The average Bonchev–Trinajstić information content (AvgIpc) is 2.47. The van der Waals surface area contributed by atoms with E-state index in [9.17, 15) is 4.39 Å². The quantitative estimate of drug-likeness (QED) is 0.781. The van der Waals surface area contributed by atoms with Crippen LogP contribution in [0.2, 0.25) is 5.02 Å². The zero-order valence-corrected chi connectivity index (χ0v) is 13.1. The van der Waals surface area contributed by atoms with Crippen LogP contribution in [-0.2, 0) is 6.42 Å². The molecule has 1 aliphatic rings. The van der Waals surface area contributed by atoms with Gasteiger partial charge in [0, 0.05) is 16.6 Å². The van der Waals surface area contributed by atoms with Gasteiger partial charge in [0.25, 0.3) is 0 Å². The third-order valence-electron chi connectivity index (χ3n) is 4.36. The molecular formula is C17H25ClFN. The van der Waals surface area contributed by atoms with E-state index in [-0.39, 0.29) is 5.82 Å². The SMILES string of the molecule is CCCNC(Cc1c(F)cccc1Cl)C1CCCCC1. The topological polar surface area (TPSA) is 12.0 Å². The van der Waals surface area contributed by atoms with Crippen LogP contribution >= 0.6 is 11.6 Å². The number of rotatable bonds is 6. The van der Waals surface area contributed by atoms with E-state index in [4.69, 9.17) is 11.6 Å². The van der Waals surface area contributed by atoms with E-state index in [0.717, 1.165) is 13.0 Å². The molecule has 0 amide bonds. The first-order valence-electron chi connectivity index (χ1n) is 7.88. The Labute approximate surface area is 126 Å². The van der Waals surface area contributed by atoms with E-state index in [1.807, 2.05) is 0 Å². The molecule has 20 heavy (non-hydrogen) atoms. The van der Waals surface area contributed by atoms with Crippen molar-refractivity contribution in [3.05, 3.63) is 34.6 Å². The summed E-state index contributed by atoms with van der Waals surface area (Å²) in [6.07, 6.45) is 8.28. The molecule has 112 valence electrons. The van der Waals surface area contributed by atoms with Crippen molar-refractivity contribution < 1.29 is 4.39 Å². The fraction of sp³-hybridized carbons (Fsp3) is 0.647. The lowest BCUT2D eigenvalue weighted by Gasteiger charge is -2.31. The van der Waals surface area contributed by atoms with Crippen LogP contribution in [0.4, 0.5) is 4.39 Å². The highest BCUT2D eigenvalue weighted by atomic mass is 35.5. The van der Waals surface area contributed by atoms with Gasteiger partial charge in [-0.3, -0.25) is 0 Å². The fourth-order valence-electron chi connectivity index (χ4n) is 3.22. The summed E-state index contributed by atoms with van der Waals surface area (Å²) >= 11 is 6.18. The summed E-state index contributed by atoms with van der Waals surface area (Å²) in [5, 5.41) is 4.18. The zero-order valence-electron chi connectivity index (χ0n) is 12.3. The Balaban J connectivity index is 2.09. The van der Waals surface area contributed by atoms with Gasteiger partial charge in [0.15, 0.2) is 0 Å². The average molecular weight is 298 g/mol. The van der Waals surface area contributed by atoms with Crippen molar-refractivity contribution in [1.82, 2.24) is 5.32 Å². The van der Waals surface area contributed by atoms with Gasteiger partial charge in [-0.2, -0.15) is 0 Å². The molecule has 0 radical (unpaired) electrons. The Morgan fingerprint density at radius 3 is 2.70 bits per heavy atom. The van der Waals surface area contributed by atoms with Crippen molar-refractivity contribution >= 4 is 11.6 Å². The minimum absolute atomic E-state index is 0.170. The smallest absolute Gasteiger partial charge is 0.127 e. The van der Waals surface area contributed by atoms with Crippen LogP contribution in [-0.4, -0.2) is 12.6 Å². The number of halogens is 2. The van der Waals surface area contributed by atoms with Crippen LogP contribution in [0.25, 0.3) is 0 Å². The van der Waals surface area contributed by atoms with Gasteiger partial charge in [-0.05, 0) is 50.3 Å². The molecule has 3 heteroatoms. The molecule has 1 aliphatic carbocycles. The molecule has 1 fully saturated rings. The third-order valence-corrected chi connectivity index (χ3v) is 4.72. The van der Waals surface area contributed by atoms with Crippen molar-refractivity contribution in [1.29, 1.82) is 0 Å². The Hall–Kier alpha value is -0.600. The van der Waals surface area contributed by atoms with Crippen molar-refractivity contribution in [3.8, 4) is 0 Å². The van der Waals surface area contributed by atoms with Gasteiger partial charge in [-0.25, -0.2) is 4.39 Å². The molecule has 1 aromatic rings. The van der Waals surface area contributed by atoms with Crippen molar-refractivity contribution in [2.75, 3.05) is 6.54 Å². The van der Waals surface area contributed by atoms with Gasteiger partial charge < -0.3 is 5.32 Å². The fourth-order valence-corrected chi connectivity index (χ4v) is 3.46. The van der Waals surface area contributed by atoms with E-state index >= 15 is 0 Å². The maximum Gasteiger partial charge on any atom is 0.127 e. The molecule has 2 rings (SSSR count). The minimum atomic E-state index is -0.170. The number of hydrogen-bond donors (Lipinski definition) is 1. The second-order valence-corrected chi connectivity index (χ2v) is 6.27. The molecule has 0 aliphatic heterocycles. The van der Waals surface area contributed by atoms with Gasteiger partial charge in [0.05, 0.1) is 0 Å². The Morgan fingerprint density at radius 1 is 1.30 bits per heavy atom. The van der Waals surface area contributed by atoms with Gasteiger partial charge in [-0.1, -0.05) is 43.9 Å². The van der Waals surface area contributed by atoms with E-state index in [0.29, 0.717) is 29.0 Å². The summed E-state index contributed by atoms with van der Waals surface area (Å²) in [5.74, 6) is 0.489. The summed E-state index contributed by atoms with van der Waals surface area (Å²) in [7, 11) is 0. The van der Waals surface area contributed by atoms with Crippen LogP contribution in [0.15, 0.2) is 18.2 Å². The van der Waals surface area contributed by atoms with Crippen molar-refractivity contribution in [2.45, 2.75) is 57.9 Å². The molecule has 0 spiro atoms. The predicted octanol–water partition coefficient (Wildman–Crippen LogP) is 4.97. The molecule has 1 unspecified atom stereocenters. The normalized spacial score (nSPS) is 18.1. The summed E-state index contributed by atoms with van der Waals surface area (Å²) in [5.41, 5.74) is 0.674. The Bertz CT molecular complexity index is 395. The molecule has 1 aromatic carbocycles. The van der Waals surface area contributed by atoms with Crippen LogP contribution in [0.3, 0.4) is 0 Å². The number of hydrogen-bond acceptors (Lipinski definition) is 1. The molecule has 1 atom stereocenters. The van der Waals surface area contributed by atoms with Crippen molar-refractivity contribution in [2.24, 2.45) is 5.92 Å². The number of nitrogens with one attached hydrogen (secondary N) is 1. The van der Waals surface area contributed by atoms with Gasteiger partial charge in [0.1, 0.15) is 5.82 Å². The van der Waals surface area contributed by atoms with Gasteiger partial charge in [0.2, 0.25) is 0 Å². The van der Waals surface area contributed by atoms with E-state index in [2.05, 4.69) is 12.2 Å². The van der Waals surface area contributed by atoms with Crippen LogP contribution in [0, 0.1) is 11.7 Å². The van der Waals surface area contributed by atoms with Crippen LogP contribution in [0.5, 0.6) is 0 Å². The standard InChI is InChI=1S/C17H25ClFN/c1-2-11-20-17(13-7-4-3-5-8-13)12-14-15(18)9-6-10-16(14)19/h6,9-10,13,17,20H,2-5,7-8,11-12H2,1H3. The van der Waals surface area contributed by atoms with E-state index in [1.165, 1.54) is 38.2 Å². The lowest BCUT2D eigenvalue weighted by atomic mass is 9.81. The summed E-state index contributed by atoms with van der Waals surface area (Å²) in [6, 6.07) is 5.33. The first-order chi connectivity index (χ1) is 9.72. The molecule has 1 nitrogen and oxygen atoms in total. The third kappa shape index (κ3) is 4.20. The summed E-state index contributed by atoms with van der Waals surface area (Å²) in [4.78, 5) is 0. The second kappa shape index (κ2) is 7.99. The van der Waals surface area contributed by atoms with E-state index in [1.54, 1.807) is 12.1 Å². The molecular weight excluding hydrogens is 273 g/mol. The Kier molecular flexibility index (Phi) is 6.31. The first-order valence-corrected chi connectivity index (χ1v) is 8.26. The lowest BCUT2D eigenvalue weighted by molar-refractivity contribution is 0.266. The molecule has 1 N–H and O–H groups in total. The molecule has 0 saturated heterocycles. The maximum absolute atomic E-state index is 14.0. The van der Waals surface area contributed by atoms with Gasteiger partial charge in [-0.15, -0.1) is 0 Å². The highest BCUT2D eigenvalue weighted by Gasteiger charge is 2.25. The van der Waals surface area contributed by atoms with Crippen LogP contribution < -0.4 is 5.32 Å². The minimum Gasteiger partial charge on any atom is -0.313 e. The maximum atomic E-state index is 14.0. The first kappa shape index (κ1) is 15.8. The zero-order chi connectivity index (χ0) is 14.4. The number of benzene rings is 1. The second-order valence-electron chi connectivity index (χ2n) is 5.86. The molecule has 0 bridgehead atoms. The molecule has 0 heterocycles. The van der Waals surface area contributed by atoms with Crippen molar-refractivity contribution in [3.63, 3.8) is 0 Å². The van der Waals surface area contributed by atoms with E-state index < -0.39 is 0 Å². The highest BCUT2D eigenvalue weighted by Crippen LogP contribution is 2.30. The van der Waals surface area contributed by atoms with Crippen LogP contribution in [0.1, 0.15) is 51.0 Å². The molecule has 0 aromatic heterocycles. The Morgan fingerprint density at radius 2 is 2.05 bits per heavy atom. The highest BCUT2D eigenvalue weighted by molar-refractivity contribution is 6.31.